The minimum Gasteiger partial charge on any atom is -0.456 e. The maximum atomic E-state index is 6.60. The van der Waals surface area contributed by atoms with Crippen molar-refractivity contribution in [2.45, 2.75) is 0 Å². The third-order valence-corrected chi connectivity index (χ3v) is 9.29. The largest absolute Gasteiger partial charge is 0.456 e. The van der Waals surface area contributed by atoms with Crippen molar-refractivity contribution in [1.82, 2.24) is 0 Å². The summed E-state index contributed by atoms with van der Waals surface area (Å²) in [5, 5.41) is 2.30. The van der Waals surface area contributed by atoms with Gasteiger partial charge in [-0.3, -0.25) is 0 Å². The predicted molar refractivity (Wildman–Crippen MR) is 200 cm³/mol. The van der Waals surface area contributed by atoms with Gasteiger partial charge in [0, 0.05) is 27.9 Å². The number of benzene rings is 8. The van der Waals surface area contributed by atoms with E-state index in [-0.39, 0.29) is 0 Å². The predicted octanol–water partition coefficient (Wildman–Crippen LogP) is 13.1. The lowest BCUT2D eigenvalue weighted by Crippen LogP contribution is -2.12. The Morgan fingerprint density at radius 1 is 0.333 bits per heavy atom. The maximum absolute atomic E-state index is 6.60. The van der Waals surface area contributed by atoms with Crippen LogP contribution < -0.4 is 9.64 Å². The Bertz CT molecular complexity index is 2300. The fourth-order valence-corrected chi connectivity index (χ4v) is 6.99. The first-order valence-corrected chi connectivity index (χ1v) is 16.4. The minimum absolute atomic E-state index is 0.866. The van der Waals surface area contributed by atoms with Gasteiger partial charge in [0.05, 0.1) is 5.69 Å². The second-order valence-electron chi connectivity index (χ2n) is 12.1. The molecule has 1 aliphatic heterocycles. The summed E-state index contributed by atoms with van der Waals surface area (Å²) in [5.41, 5.74) is 12.7. The summed E-state index contributed by atoms with van der Waals surface area (Å²) in [5.74, 6) is 1.74. The van der Waals surface area contributed by atoms with Crippen LogP contribution in [0.2, 0.25) is 0 Å². The maximum Gasteiger partial charge on any atom is 0.136 e. The Kier molecular flexibility index (Phi) is 6.84. The van der Waals surface area contributed by atoms with Gasteiger partial charge in [-0.1, -0.05) is 146 Å². The molecule has 0 spiro atoms. The summed E-state index contributed by atoms with van der Waals surface area (Å²) >= 11 is 0. The average molecular weight is 614 g/mol. The van der Waals surface area contributed by atoms with E-state index in [1.165, 1.54) is 44.3 Å². The lowest BCUT2D eigenvalue weighted by atomic mass is 9.88. The van der Waals surface area contributed by atoms with Gasteiger partial charge in [0.2, 0.25) is 0 Å². The van der Waals surface area contributed by atoms with Crippen LogP contribution in [0.5, 0.6) is 11.5 Å². The number of hydrogen-bond donors (Lipinski definition) is 0. The molecule has 0 radical (unpaired) electrons. The number of para-hydroxylation sites is 1. The van der Waals surface area contributed by atoms with Crippen molar-refractivity contribution in [3.8, 4) is 56.0 Å². The Morgan fingerprint density at radius 2 is 0.833 bits per heavy atom. The van der Waals surface area contributed by atoms with Crippen molar-refractivity contribution >= 4 is 27.8 Å². The SMILES string of the molecule is c1ccc(-c2ccc(N(c3ccc(-c4ccccc4)cc3)c3ccc4c(-c5ccccc5)ccc5c4c3-c3ccccc3O5)cc2)cc1. The Morgan fingerprint density at radius 3 is 1.42 bits per heavy atom. The molecule has 8 aromatic carbocycles. The topological polar surface area (TPSA) is 12.5 Å². The number of ether oxygens (including phenoxy) is 1. The molecule has 48 heavy (non-hydrogen) atoms. The first kappa shape index (κ1) is 27.9. The molecule has 9 rings (SSSR count). The van der Waals surface area contributed by atoms with E-state index in [1.807, 2.05) is 6.07 Å². The minimum atomic E-state index is 0.866. The van der Waals surface area contributed by atoms with E-state index in [0.29, 0.717) is 0 Å². The Balaban J connectivity index is 1.28. The molecule has 1 heterocycles. The fraction of sp³-hybridized carbons (Fsp3) is 0. The molecule has 0 bridgehead atoms. The first-order chi connectivity index (χ1) is 23.8. The normalized spacial score (nSPS) is 11.5. The number of hydrogen-bond acceptors (Lipinski definition) is 2. The molecule has 0 N–H and O–H groups in total. The summed E-state index contributed by atoms with van der Waals surface area (Å²) < 4.78 is 6.60. The highest BCUT2D eigenvalue weighted by atomic mass is 16.5. The highest BCUT2D eigenvalue weighted by Gasteiger charge is 2.27. The van der Waals surface area contributed by atoms with Crippen molar-refractivity contribution in [3.05, 3.63) is 188 Å². The summed E-state index contributed by atoms with van der Waals surface area (Å²) in [4.78, 5) is 2.39. The van der Waals surface area contributed by atoms with Crippen LogP contribution >= 0.6 is 0 Å². The standard InChI is InChI=1S/C46H31NO/c1-4-12-32(13-5-1)34-20-24-37(25-21-34)47(38-26-22-35(23-27-38)33-14-6-2-7-15-33)42-30-28-40-39(36-16-8-3-9-17-36)29-31-44-46(40)45(42)41-18-10-11-19-43(41)48-44/h1-31H. The quantitative estimate of drug-likeness (QED) is 0.185. The van der Waals surface area contributed by atoms with Gasteiger partial charge in [-0.25, -0.2) is 0 Å². The summed E-state index contributed by atoms with van der Waals surface area (Å²) in [6.07, 6.45) is 0. The van der Waals surface area contributed by atoms with Gasteiger partial charge in [-0.15, -0.1) is 0 Å². The van der Waals surface area contributed by atoms with Gasteiger partial charge in [-0.05, 0) is 81.2 Å². The van der Waals surface area contributed by atoms with Crippen LogP contribution in [-0.2, 0) is 0 Å². The lowest BCUT2D eigenvalue weighted by Gasteiger charge is -2.31. The molecule has 0 unspecified atom stereocenters. The molecule has 0 amide bonds. The zero-order valence-corrected chi connectivity index (χ0v) is 26.3. The monoisotopic (exact) mass is 613 g/mol. The molecule has 2 nitrogen and oxygen atoms in total. The molecule has 0 aromatic heterocycles. The number of rotatable bonds is 6. The van der Waals surface area contributed by atoms with E-state index in [4.69, 9.17) is 4.74 Å². The van der Waals surface area contributed by atoms with Gasteiger partial charge < -0.3 is 9.64 Å². The number of nitrogens with zero attached hydrogens (tertiary/aromatic N) is 1. The first-order valence-electron chi connectivity index (χ1n) is 16.4. The van der Waals surface area contributed by atoms with E-state index in [2.05, 4.69) is 187 Å². The number of anilines is 3. The van der Waals surface area contributed by atoms with Crippen LogP contribution in [0.25, 0.3) is 55.3 Å². The van der Waals surface area contributed by atoms with Gasteiger partial charge in [-0.2, -0.15) is 0 Å². The molecule has 0 saturated carbocycles. The zero-order chi connectivity index (χ0) is 31.9. The van der Waals surface area contributed by atoms with E-state index >= 15 is 0 Å². The molecule has 1 aliphatic rings. The van der Waals surface area contributed by atoms with Gasteiger partial charge in [0.25, 0.3) is 0 Å². The smallest absolute Gasteiger partial charge is 0.136 e. The van der Waals surface area contributed by atoms with Crippen molar-refractivity contribution in [2.24, 2.45) is 0 Å². The van der Waals surface area contributed by atoms with Crippen LogP contribution in [0.4, 0.5) is 17.1 Å². The Labute approximate surface area is 280 Å². The molecular formula is C46H31NO. The van der Waals surface area contributed by atoms with Crippen molar-refractivity contribution < 1.29 is 4.74 Å². The molecule has 8 aromatic rings. The second-order valence-corrected chi connectivity index (χ2v) is 12.1. The van der Waals surface area contributed by atoms with E-state index < -0.39 is 0 Å². The summed E-state index contributed by atoms with van der Waals surface area (Å²) in [6, 6.07) is 66.8. The van der Waals surface area contributed by atoms with Gasteiger partial charge in [0.15, 0.2) is 0 Å². The third-order valence-electron chi connectivity index (χ3n) is 9.29. The van der Waals surface area contributed by atoms with Crippen molar-refractivity contribution in [1.29, 1.82) is 0 Å². The Hall–Kier alpha value is -6.38. The van der Waals surface area contributed by atoms with Crippen LogP contribution in [-0.4, -0.2) is 0 Å². The average Bonchev–Trinajstić information content (AvgIpc) is 3.17. The van der Waals surface area contributed by atoms with Crippen LogP contribution in [0.1, 0.15) is 0 Å². The second kappa shape index (κ2) is 11.8. The van der Waals surface area contributed by atoms with Crippen molar-refractivity contribution in [2.75, 3.05) is 4.90 Å². The molecule has 2 heteroatoms. The van der Waals surface area contributed by atoms with Crippen LogP contribution in [0.15, 0.2) is 188 Å². The molecule has 0 saturated heterocycles. The molecule has 0 atom stereocenters. The van der Waals surface area contributed by atoms with Gasteiger partial charge >= 0.3 is 0 Å². The third kappa shape index (κ3) is 4.83. The van der Waals surface area contributed by atoms with E-state index in [1.54, 1.807) is 0 Å². The zero-order valence-electron chi connectivity index (χ0n) is 26.3. The molecular weight excluding hydrogens is 583 g/mol. The highest BCUT2D eigenvalue weighted by molar-refractivity contribution is 6.14. The molecule has 0 aliphatic carbocycles. The highest BCUT2D eigenvalue weighted by Crippen LogP contribution is 2.54. The van der Waals surface area contributed by atoms with Crippen molar-refractivity contribution in [3.63, 3.8) is 0 Å². The van der Waals surface area contributed by atoms with Crippen LogP contribution in [0, 0.1) is 0 Å². The fourth-order valence-electron chi connectivity index (χ4n) is 6.99. The summed E-state index contributed by atoms with van der Waals surface area (Å²) in [6.45, 7) is 0. The number of fused-ring (bicyclic) bond motifs is 2. The summed E-state index contributed by atoms with van der Waals surface area (Å²) in [7, 11) is 0. The van der Waals surface area contributed by atoms with Gasteiger partial charge in [0.1, 0.15) is 11.5 Å². The lowest BCUT2D eigenvalue weighted by molar-refractivity contribution is 0.487. The van der Waals surface area contributed by atoms with E-state index in [0.717, 1.165) is 39.5 Å². The van der Waals surface area contributed by atoms with E-state index in [9.17, 15) is 0 Å². The van der Waals surface area contributed by atoms with Crippen LogP contribution in [0.3, 0.4) is 0 Å². The molecule has 226 valence electrons. The molecule has 0 fully saturated rings.